The molecule has 0 bridgehead atoms. The zero-order valence-corrected chi connectivity index (χ0v) is 21.3. The van der Waals surface area contributed by atoms with Crippen LogP contribution in [0.25, 0.3) is 0 Å². The molecule has 4 aliphatic rings. The van der Waals surface area contributed by atoms with Crippen LogP contribution < -0.4 is 16.8 Å². The first-order chi connectivity index (χ1) is 15.6. The van der Waals surface area contributed by atoms with Gasteiger partial charge in [0, 0.05) is 30.6 Å². The third kappa shape index (κ3) is 5.93. The first-order valence-corrected chi connectivity index (χ1v) is 13.8. The van der Waals surface area contributed by atoms with Crippen molar-refractivity contribution < 1.29 is 4.79 Å². The summed E-state index contributed by atoms with van der Waals surface area (Å²) >= 11 is 0. The Morgan fingerprint density at radius 2 is 1.64 bits per heavy atom. The molecule has 0 spiro atoms. The standard InChI is InChI=1S/C27H49N5O/c1-27(2,3)20-8-4-17(5-9-20)16-32-23-15-19(25(29)30)7-6-18(23)14-24(32)26(33)31-22-12-10-21(28)11-13-22/h17-24H,4-16,28H2,1-3H3,(H3,29,30)(H,31,33). The molecule has 1 saturated heterocycles. The molecule has 0 aromatic heterocycles. The van der Waals surface area contributed by atoms with Crippen LogP contribution in [-0.4, -0.2) is 47.4 Å². The molecule has 1 heterocycles. The van der Waals surface area contributed by atoms with Gasteiger partial charge in [0.05, 0.1) is 11.9 Å². The highest BCUT2D eigenvalue weighted by molar-refractivity contribution is 5.83. The smallest absolute Gasteiger partial charge is 0.237 e. The van der Waals surface area contributed by atoms with Gasteiger partial charge in [-0.05, 0) is 100 Å². The molecule has 3 saturated carbocycles. The van der Waals surface area contributed by atoms with Gasteiger partial charge in [-0.15, -0.1) is 0 Å². The highest BCUT2D eigenvalue weighted by atomic mass is 16.2. The monoisotopic (exact) mass is 459 g/mol. The first-order valence-electron chi connectivity index (χ1n) is 13.8. The minimum atomic E-state index is -0.0124. The van der Waals surface area contributed by atoms with E-state index in [1.54, 1.807) is 0 Å². The Labute approximate surface area is 201 Å². The number of carbonyl (C=O) groups is 1. The molecule has 0 radical (unpaired) electrons. The molecule has 1 aliphatic heterocycles. The second kappa shape index (κ2) is 10.2. The van der Waals surface area contributed by atoms with E-state index in [1.807, 2.05) is 0 Å². The van der Waals surface area contributed by atoms with E-state index in [-0.39, 0.29) is 23.9 Å². The van der Waals surface area contributed by atoms with Crippen LogP contribution in [0.15, 0.2) is 0 Å². The summed E-state index contributed by atoms with van der Waals surface area (Å²) in [5, 5.41) is 11.4. The number of nitrogens with zero attached hydrogens (tertiary/aromatic N) is 1. The Kier molecular flexibility index (Phi) is 7.74. The van der Waals surface area contributed by atoms with Crippen molar-refractivity contribution in [2.45, 2.75) is 122 Å². The summed E-state index contributed by atoms with van der Waals surface area (Å²) in [5.74, 6) is 2.84. The summed E-state index contributed by atoms with van der Waals surface area (Å²) in [4.78, 5) is 16.1. The molecule has 0 aromatic rings. The second-order valence-electron chi connectivity index (χ2n) is 12.9. The molecular formula is C27H49N5O. The van der Waals surface area contributed by atoms with Gasteiger partial charge >= 0.3 is 0 Å². The van der Waals surface area contributed by atoms with Gasteiger partial charge in [-0.25, -0.2) is 0 Å². The van der Waals surface area contributed by atoms with Gasteiger partial charge < -0.3 is 16.8 Å². The average molecular weight is 460 g/mol. The van der Waals surface area contributed by atoms with Crippen molar-refractivity contribution in [1.82, 2.24) is 10.2 Å². The maximum atomic E-state index is 13.5. The van der Waals surface area contributed by atoms with Gasteiger partial charge in [0.15, 0.2) is 0 Å². The Morgan fingerprint density at radius 3 is 2.24 bits per heavy atom. The molecule has 4 atom stereocenters. The molecule has 4 rings (SSSR count). The van der Waals surface area contributed by atoms with Crippen molar-refractivity contribution in [3.8, 4) is 0 Å². The summed E-state index contributed by atoms with van der Waals surface area (Å²) in [5.41, 5.74) is 12.4. The molecule has 6 nitrogen and oxygen atoms in total. The Bertz CT molecular complexity index is 687. The summed E-state index contributed by atoms with van der Waals surface area (Å²) in [6.45, 7) is 8.18. The number of likely N-dealkylation sites (tertiary alicyclic amines) is 1. The Morgan fingerprint density at radius 1 is 0.970 bits per heavy atom. The number of amidine groups is 1. The van der Waals surface area contributed by atoms with Gasteiger partial charge in [0.2, 0.25) is 5.91 Å². The fourth-order valence-electron chi connectivity index (χ4n) is 7.42. The first kappa shape index (κ1) is 25.0. The maximum absolute atomic E-state index is 13.5. The minimum Gasteiger partial charge on any atom is -0.387 e. The van der Waals surface area contributed by atoms with E-state index in [4.69, 9.17) is 16.9 Å². The lowest BCUT2D eigenvalue weighted by Gasteiger charge is -2.41. The van der Waals surface area contributed by atoms with Crippen LogP contribution in [0.2, 0.25) is 0 Å². The maximum Gasteiger partial charge on any atom is 0.237 e. The van der Waals surface area contributed by atoms with Crippen LogP contribution in [0.4, 0.5) is 0 Å². The lowest BCUT2D eigenvalue weighted by molar-refractivity contribution is -0.127. The largest absolute Gasteiger partial charge is 0.387 e. The molecule has 33 heavy (non-hydrogen) atoms. The number of nitrogens with one attached hydrogen (secondary N) is 2. The van der Waals surface area contributed by atoms with Crippen LogP contribution in [0.1, 0.15) is 97.8 Å². The van der Waals surface area contributed by atoms with Gasteiger partial charge in [0.25, 0.3) is 0 Å². The second-order valence-corrected chi connectivity index (χ2v) is 12.9. The summed E-state index contributed by atoms with van der Waals surface area (Å²) in [6, 6.07) is 0.981. The fourth-order valence-corrected chi connectivity index (χ4v) is 7.42. The predicted octanol–water partition coefficient (Wildman–Crippen LogP) is 4.02. The predicted molar refractivity (Wildman–Crippen MR) is 135 cm³/mol. The van der Waals surface area contributed by atoms with Crippen molar-refractivity contribution in [1.29, 1.82) is 5.41 Å². The Hall–Kier alpha value is -1.14. The molecule has 188 valence electrons. The molecule has 6 heteroatoms. The number of rotatable bonds is 5. The van der Waals surface area contributed by atoms with Gasteiger partial charge in [-0.1, -0.05) is 20.8 Å². The zero-order valence-electron chi connectivity index (χ0n) is 21.3. The average Bonchev–Trinajstić information content (AvgIpc) is 3.13. The van der Waals surface area contributed by atoms with Crippen LogP contribution in [-0.2, 0) is 4.79 Å². The van der Waals surface area contributed by atoms with E-state index in [1.165, 1.54) is 25.7 Å². The van der Waals surface area contributed by atoms with E-state index in [9.17, 15) is 4.79 Å². The number of nitrogens with two attached hydrogens (primary N) is 2. The van der Waals surface area contributed by atoms with Crippen molar-refractivity contribution >= 4 is 11.7 Å². The molecule has 0 aromatic carbocycles. The highest BCUT2D eigenvalue weighted by Gasteiger charge is 2.48. The number of carbonyl (C=O) groups excluding carboxylic acids is 1. The van der Waals surface area contributed by atoms with Crippen molar-refractivity contribution in [2.75, 3.05) is 6.54 Å². The number of amides is 1. The number of hydrogen-bond donors (Lipinski definition) is 4. The highest BCUT2D eigenvalue weighted by Crippen LogP contribution is 2.45. The van der Waals surface area contributed by atoms with Crippen LogP contribution >= 0.6 is 0 Å². The van der Waals surface area contributed by atoms with Gasteiger partial charge in [-0.3, -0.25) is 15.1 Å². The van der Waals surface area contributed by atoms with E-state index in [0.29, 0.717) is 35.2 Å². The van der Waals surface area contributed by atoms with E-state index in [0.717, 1.165) is 63.8 Å². The molecule has 6 N–H and O–H groups in total. The van der Waals surface area contributed by atoms with Gasteiger partial charge in [-0.2, -0.15) is 0 Å². The third-order valence-corrected chi connectivity index (χ3v) is 9.71. The van der Waals surface area contributed by atoms with Crippen molar-refractivity contribution in [3.05, 3.63) is 0 Å². The molecule has 1 amide bonds. The quantitative estimate of drug-likeness (QED) is 0.368. The zero-order chi connectivity index (χ0) is 23.8. The Balaban J connectivity index is 1.43. The van der Waals surface area contributed by atoms with Crippen LogP contribution in [0.3, 0.4) is 0 Å². The summed E-state index contributed by atoms with van der Waals surface area (Å²) in [6.07, 6.45) is 13.3. The topological polar surface area (TPSA) is 108 Å². The molecule has 4 fully saturated rings. The molecule has 3 aliphatic carbocycles. The van der Waals surface area contributed by atoms with E-state index >= 15 is 0 Å². The summed E-state index contributed by atoms with van der Waals surface area (Å²) in [7, 11) is 0. The molecule has 4 unspecified atom stereocenters. The van der Waals surface area contributed by atoms with E-state index < -0.39 is 0 Å². The lowest BCUT2D eigenvalue weighted by atomic mass is 9.69. The van der Waals surface area contributed by atoms with Crippen LogP contribution in [0.5, 0.6) is 0 Å². The third-order valence-electron chi connectivity index (χ3n) is 9.71. The van der Waals surface area contributed by atoms with Crippen molar-refractivity contribution in [3.63, 3.8) is 0 Å². The minimum absolute atomic E-state index is 0.0124. The summed E-state index contributed by atoms with van der Waals surface area (Å²) < 4.78 is 0. The van der Waals surface area contributed by atoms with E-state index in [2.05, 4.69) is 31.0 Å². The molecular weight excluding hydrogens is 410 g/mol. The lowest BCUT2D eigenvalue weighted by Crippen LogP contribution is -2.52. The number of fused-ring (bicyclic) bond motifs is 1. The normalized spacial score (nSPS) is 40.2. The SMILES string of the molecule is CC(C)(C)C1CCC(CN2C(C(=O)NC3CCC(N)CC3)CC3CCC(C(=N)N)CC32)CC1. The number of hydrogen-bond acceptors (Lipinski definition) is 4. The van der Waals surface area contributed by atoms with Crippen molar-refractivity contribution in [2.24, 2.45) is 40.6 Å². The fraction of sp³-hybridized carbons (Fsp3) is 0.926. The van der Waals surface area contributed by atoms with Crippen LogP contribution in [0, 0.1) is 34.5 Å². The van der Waals surface area contributed by atoms with Gasteiger partial charge in [0.1, 0.15) is 0 Å².